The van der Waals surface area contributed by atoms with Crippen LogP contribution in [0.2, 0.25) is 0 Å². The van der Waals surface area contributed by atoms with Crippen LogP contribution in [-0.4, -0.2) is 25.2 Å². The second-order valence-corrected chi connectivity index (χ2v) is 6.04. The Morgan fingerprint density at radius 2 is 1.77 bits per heavy atom. The maximum absolute atomic E-state index is 11.9. The minimum absolute atomic E-state index is 0.106. The van der Waals surface area contributed by atoms with E-state index >= 15 is 0 Å². The molecule has 1 amide bonds. The lowest BCUT2D eigenvalue weighted by Gasteiger charge is -2.17. The van der Waals surface area contributed by atoms with Crippen molar-refractivity contribution in [3.63, 3.8) is 0 Å². The van der Waals surface area contributed by atoms with E-state index in [9.17, 15) is 4.79 Å². The Morgan fingerprint density at radius 3 is 2.32 bits per heavy atom. The van der Waals surface area contributed by atoms with Crippen molar-refractivity contribution in [2.45, 2.75) is 58.6 Å². The number of amides is 1. The van der Waals surface area contributed by atoms with E-state index in [1.165, 1.54) is 5.56 Å². The molecule has 4 nitrogen and oxygen atoms in total. The zero-order valence-electron chi connectivity index (χ0n) is 14.3. The van der Waals surface area contributed by atoms with Gasteiger partial charge in [0.1, 0.15) is 6.10 Å². The van der Waals surface area contributed by atoms with Crippen molar-refractivity contribution in [2.24, 2.45) is 5.73 Å². The minimum Gasteiger partial charge on any atom is -0.369 e. The smallest absolute Gasteiger partial charge is 0.248 e. The van der Waals surface area contributed by atoms with Crippen LogP contribution in [0, 0.1) is 0 Å². The second kappa shape index (κ2) is 9.59. The highest BCUT2D eigenvalue weighted by molar-refractivity contribution is 5.80. The maximum atomic E-state index is 11.9. The van der Waals surface area contributed by atoms with E-state index < -0.39 is 6.10 Å². The maximum Gasteiger partial charge on any atom is 0.248 e. The summed E-state index contributed by atoms with van der Waals surface area (Å²) in [5.41, 5.74) is 8.46. The van der Waals surface area contributed by atoms with Crippen LogP contribution in [0.3, 0.4) is 0 Å². The second-order valence-electron chi connectivity index (χ2n) is 6.04. The van der Waals surface area contributed by atoms with Gasteiger partial charge in [-0.2, -0.15) is 0 Å². The van der Waals surface area contributed by atoms with Crippen LogP contribution in [0.4, 0.5) is 0 Å². The van der Waals surface area contributed by atoms with Gasteiger partial charge in [-0.25, -0.2) is 0 Å². The van der Waals surface area contributed by atoms with Crippen molar-refractivity contribution < 1.29 is 9.53 Å². The normalized spacial score (nSPS) is 13.9. The summed E-state index contributed by atoms with van der Waals surface area (Å²) in [6.07, 6.45) is 1.60. The van der Waals surface area contributed by atoms with E-state index in [1.807, 2.05) is 12.1 Å². The Morgan fingerprint density at radius 1 is 1.18 bits per heavy atom. The largest absolute Gasteiger partial charge is 0.369 e. The molecule has 0 heterocycles. The van der Waals surface area contributed by atoms with Gasteiger partial charge < -0.3 is 15.8 Å². The molecule has 0 aliphatic carbocycles. The van der Waals surface area contributed by atoms with Crippen LogP contribution in [0.25, 0.3) is 0 Å². The van der Waals surface area contributed by atoms with Crippen LogP contribution in [0.1, 0.15) is 63.6 Å². The third-order valence-electron chi connectivity index (χ3n) is 3.76. The fourth-order valence-corrected chi connectivity index (χ4v) is 2.08. The van der Waals surface area contributed by atoms with Crippen molar-refractivity contribution in [3.05, 3.63) is 35.4 Å². The van der Waals surface area contributed by atoms with Gasteiger partial charge in [-0.15, -0.1) is 0 Å². The monoisotopic (exact) mass is 306 g/mol. The number of nitrogens with two attached hydrogens (primary N) is 1. The third-order valence-corrected chi connectivity index (χ3v) is 3.76. The summed E-state index contributed by atoms with van der Waals surface area (Å²) in [5.74, 6) is 0.399. The number of ether oxygens (including phenoxy) is 1. The molecule has 3 N–H and O–H groups in total. The first-order valence-corrected chi connectivity index (χ1v) is 8.20. The average Bonchev–Trinajstić information content (AvgIpc) is 2.52. The molecule has 4 heteroatoms. The van der Waals surface area contributed by atoms with Crippen molar-refractivity contribution >= 4 is 5.91 Å². The van der Waals surface area contributed by atoms with E-state index in [-0.39, 0.29) is 11.9 Å². The van der Waals surface area contributed by atoms with E-state index in [0.717, 1.165) is 18.4 Å². The van der Waals surface area contributed by atoms with E-state index in [0.29, 0.717) is 19.1 Å². The van der Waals surface area contributed by atoms with Gasteiger partial charge in [0.2, 0.25) is 5.91 Å². The van der Waals surface area contributed by atoms with Crippen LogP contribution < -0.4 is 11.1 Å². The van der Waals surface area contributed by atoms with Crippen molar-refractivity contribution in [2.75, 3.05) is 13.2 Å². The highest BCUT2D eigenvalue weighted by Gasteiger charge is 2.14. The van der Waals surface area contributed by atoms with E-state index in [4.69, 9.17) is 10.5 Å². The van der Waals surface area contributed by atoms with Gasteiger partial charge in [0.25, 0.3) is 0 Å². The van der Waals surface area contributed by atoms with Gasteiger partial charge in [-0.3, -0.25) is 4.79 Å². The predicted octanol–water partition coefficient (Wildman–Crippen LogP) is 3.13. The molecule has 0 aromatic heterocycles. The standard InChI is InChI=1S/C18H30N2O2/c1-5-6-11-22-14(4)18(21)20-12-17(19)16-9-7-15(8-10-16)13(2)3/h7-10,13-14,17H,5-6,11-12,19H2,1-4H3,(H,20,21). The molecule has 2 atom stereocenters. The zero-order chi connectivity index (χ0) is 16.5. The number of hydrogen-bond donors (Lipinski definition) is 2. The van der Waals surface area contributed by atoms with Crippen LogP contribution in [-0.2, 0) is 9.53 Å². The lowest BCUT2D eigenvalue weighted by molar-refractivity contribution is -0.131. The summed E-state index contributed by atoms with van der Waals surface area (Å²) in [6.45, 7) is 9.23. The highest BCUT2D eigenvalue weighted by atomic mass is 16.5. The molecule has 1 aromatic rings. The number of benzene rings is 1. The first kappa shape index (κ1) is 18.7. The van der Waals surface area contributed by atoms with Crippen molar-refractivity contribution in [1.29, 1.82) is 0 Å². The van der Waals surface area contributed by atoms with Crippen LogP contribution in [0.15, 0.2) is 24.3 Å². The van der Waals surface area contributed by atoms with Crippen molar-refractivity contribution in [3.8, 4) is 0 Å². The van der Waals surface area contributed by atoms with Gasteiger partial charge in [0.05, 0.1) is 0 Å². The fraction of sp³-hybridized carbons (Fsp3) is 0.611. The number of unbranched alkanes of at least 4 members (excludes halogenated alkanes) is 1. The summed E-state index contributed by atoms with van der Waals surface area (Å²) in [6, 6.07) is 8.06. The van der Waals surface area contributed by atoms with Crippen LogP contribution >= 0.6 is 0 Å². The fourth-order valence-electron chi connectivity index (χ4n) is 2.08. The quantitative estimate of drug-likeness (QED) is 0.689. The first-order chi connectivity index (χ1) is 10.5. The van der Waals surface area contributed by atoms with Gasteiger partial charge in [-0.05, 0) is 30.4 Å². The Kier molecular flexibility index (Phi) is 8.13. The van der Waals surface area contributed by atoms with Crippen molar-refractivity contribution in [1.82, 2.24) is 5.32 Å². The number of carbonyl (C=O) groups excluding carboxylic acids is 1. The van der Waals surface area contributed by atoms with Crippen LogP contribution in [0.5, 0.6) is 0 Å². The van der Waals surface area contributed by atoms with E-state index in [2.05, 4.69) is 38.2 Å². The van der Waals surface area contributed by atoms with Gasteiger partial charge in [-0.1, -0.05) is 51.5 Å². The first-order valence-electron chi connectivity index (χ1n) is 8.20. The molecule has 124 valence electrons. The molecule has 0 saturated carbocycles. The van der Waals surface area contributed by atoms with Gasteiger partial charge >= 0.3 is 0 Å². The average molecular weight is 306 g/mol. The highest BCUT2D eigenvalue weighted by Crippen LogP contribution is 2.17. The lowest BCUT2D eigenvalue weighted by Crippen LogP contribution is -2.38. The van der Waals surface area contributed by atoms with Gasteiger partial charge in [0.15, 0.2) is 0 Å². The predicted molar refractivity (Wildman–Crippen MR) is 90.8 cm³/mol. The third kappa shape index (κ3) is 6.16. The summed E-state index contributed by atoms with van der Waals surface area (Å²) >= 11 is 0. The number of nitrogens with one attached hydrogen (secondary N) is 1. The minimum atomic E-state index is -0.429. The molecule has 0 aliphatic heterocycles. The molecule has 1 rings (SSSR count). The molecule has 0 bridgehead atoms. The summed E-state index contributed by atoms with van der Waals surface area (Å²) < 4.78 is 5.47. The molecule has 1 aromatic carbocycles. The topological polar surface area (TPSA) is 64.3 Å². The molecule has 0 radical (unpaired) electrons. The molecule has 0 fully saturated rings. The Labute approximate surface area is 134 Å². The SMILES string of the molecule is CCCCOC(C)C(=O)NCC(N)c1ccc(C(C)C)cc1. The molecule has 0 spiro atoms. The Bertz CT molecular complexity index is 443. The molecular formula is C18H30N2O2. The number of carbonyl (C=O) groups is 1. The Hall–Kier alpha value is -1.39. The molecule has 0 aliphatic rings. The van der Waals surface area contributed by atoms with Gasteiger partial charge in [0, 0.05) is 19.2 Å². The molecular weight excluding hydrogens is 276 g/mol. The summed E-state index contributed by atoms with van der Waals surface area (Å²) in [7, 11) is 0. The molecule has 22 heavy (non-hydrogen) atoms. The summed E-state index contributed by atoms with van der Waals surface area (Å²) in [5, 5.41) is 2.86. The lowest BCUT2D eigenvalue weighted by atomic mass is 9.99. The van der Waals surface area contributed by atoms with E-state index in [1.54, 1.807) is 6.92 Å². The molecule has 2 unspecified atom stereocenters. The molecule has 0 saturated heterocycles. The Balaban J connectivity index is 2.41. The number of hydrogen-bond acceptors (Lipinski definition) is 3. The number of rotatable bonds is 9. The summed E-state index contributed by atoms with van der Waals surface area (Å²) in [4.78, 5) is 11.9. The zero-order valence-corrected chi connectivity index (χ0v) is 14.3.